The molecule has 102 valence electrons. The molecule has 2 aliphatic rings. The minimum atomic E-state index is 0.135. The van der Waals surface area contributed by atoms with E-state index in [-0.39, 0.29) is 5.91 Å². The van der Waals surface area contributed by atoms with Gasteiger partial charge in [-0.15, -0.1) is 0 Å². The molecule has 2 heterocycles. The van der Waals surface area contributed by atoms with Crippen LogP contribution in [0.2, 0.25) is 5.02 Å². The molecule has 2 fully saturated rings. The van der Waals surface area contributed by atoms with Gasteiger partial charge in [-0.25, -0.2) is 0 Å². The number of hydrogen-bond acceptors (Lipinski definition) is 2. The first-order valence-corrected chi connectivity index (χ1v) is 7.32. The summed E-state index contributed by atoms with van der Waals surface area (Å²) in [7, 11) is 0. The molecule has 0 aromatic heterocycles. The summed E-state index contributed by atoms with van der Waals surface area (Å²) in [5, 5.41) is 4.24. The minimum Gasteiger partial charge on any atom is -0.337 e. The molecule has 0 unspecified atom stereocenters. The predicted octanol–water partition coefficient (Wildman–Crippen LogP) is 2.47. The first kappa shape index (κ1) is 12.9. The Labute approximate surface area is 118 Å². The zero-order valence-electron chi connectivity index (χ0n) is 11.2. The van der Waals surface area contributed by atoms with E-state index in [1.165, 1.54) is 12.8 Å². The normalized spacial score (nSPS) is 26.3. The number of piperidine rings is 1. The molecule has 1 aromatic rings. The SMILES string of the molecule is Cc1cc(C(=O)N2C[C@@H]3CCCN[C@@H]3C2)ccc1Cl. The van der Waals surface area contributed by atoms with Gasteiger partial charge in [0.2, 0.25) is 0 Å². The molecule has 3 rings (SSSR count). The maximum atomic E-state index is 12.5. The van der Waals surface area contributed by atoms with E-state index in [2.05, 4.69) is 5.32 Å². The lowest BCUT2D eigenvalue weighted by Crippen LogP contribution is -2.41. The van der Waals surface area contributed by atoms with Crippen LogP contribution < -0.4 is 5.32 Å². The standard InChI is InChI=1S/C15H19ClN2O/c1-10-7-11(4-5-13(10)16)15(19)18-8-12-3-2-6-17-14(12)9-18/h4-5,7,12,14,17H,2-3,6,8-9H2,1H3/t12-,14+/m0/s1. The summed E-state index contributed by atoms with van der Waals surface area (Å²) in [5.74, 6) is 0.766. The third-order valence-electron chi connectivity index (χ3n) is 4.29. The van der Waals surface area contributed by atoms with E-state index >= 15 is 0 Å². The third kappa shape index (κ3) is 2.49. The van der Waals surface area contributed by atoms with Crippen LogP contribution in [0, 0.1) is 12.8 Å². The molecule has 2 saturated heterocycles. The highest BCUT2D eigenvalue weighted by atomic mass is 35.5. The molecule has 0 saturated carbocycles. The van der Waals surface area contributed by atoms with Crippen molar-refractivity contribution in [1.29, 1.82) is 0 Å². The Balaban J connectivity index is 1.75. The fourth-order valence-corrected chi connectivity index (χ4v) is 3.29. The average molecular weight is 279 g/mol. The number of fused-ring (bicyclic) bond motifs is 1. The van der Waals surface area contributed by atoms with E-state index in [0.717, 1.165) is 30.8 Å². The smallest absolute Gasteiger partial charge is 0.253 e. The van der Waals surface area contributed by atoms with Crippen molar-refractivity contribution in [2.75, 3.05) is 19.6 Å². The molecular formula is C15H19ClN2O. The van der Waals surface area contributed by atoms with Gasteiger partial charge in [0.05, 0.1) is 0 Å². The van der Waals surface area contributed by atoms with Crippen molar-refractivity contribution in [2.45, 2.75) is 25.8 Å². The Morgan fingerprint density at radius 1 is 1.42 bits per heavy atom. The zero-order chi connectivity index (χ0) is 13.4. The maximum Gasteiger partial charge on any atom is 0.253 e. The van der Waals surface area contributed by atoms with Gasteiger partial charge in [-0.1, -0.05) is 11.6 Å². The van der Waals surface area contributed by atoms with Crippen molar-refractivity contribution in [2.24, 2.45) is 5.92 Å². The fraction of sp³-hybridized carbons (Fsp3) is 0.533. The largest absolute Gasteiger partial charge is 0.337 e. The summed E-state index contributed by atoms with van der Waals surface area (Å²) < 4.78 is 0. The molecule has 3 nitrogen and oxygen atoms in total. The first-order chi connectivity index (χ1) is 9.15. The van der Waals surface area contributed by atoms with Gasteiger partial charge in [0.15, 0.2) is 0 Å². The van der Waals surface area contributed by atoms with Crippen molar-refractivity contribution in [3.8, 4) is 0 Å². The highest BCUT2D eigenvalue weighted by molar-refractivity contribution is 6.31. The number of likely N-dealkylation sites (tertiary alicyclic amines) is 1. The molecule has 0 aliphatic carbocycles. The monoisotopic (exact) mass is 278 g/mol. The number of halogens is 1. The van der Waals surface area contributed by atoms with E-state index in [1.807, 2.05) is 30.0 Å². The summed E-state index contributed by atoms with van der Waals surface area (Å²) in [5.41, 5.74) is 1.71. The van der Waals surface area contributed by atoms with Crippen LogP contribution in [0.3, 0.4) is 0 Å². The molecule has 0 radical (unpaired) electrons. The van der Waals surface area contributed by atoms with Crippen LogP contribution in [0.5, 0.6) is 0 Å². The molecular weight excluding hydrogens is 260 g/mol. The van der Waals surface area contributed by atoms with Crippen molar-refractivity contribution < 1.29 is 4.79 Å². The molecule has 2 aliphatic heterocycles. The van der Waals surface area contributed by atoms with Gasteiger partial charge in [0, 0.05) is 29.7 Å². The second-order valence-electron chi connectivity index (χ2n) is 5.64. The lowest BCUT2D eigenvalue weighted by atomic mass is 9.94. The Morgan fingerprint density at radius 2 is 2.26 bits per heavy atom. The minimum absolute atomic E-state index is 0.135. The number of benzene rings is 1. The second-order valence-corrected chi connectivity index (χ2v) is 6.04. The third-order valence-corrected chi connectivity index (χ3v) is 4.72. The molecule has 1 aromatic carbocycles. The topological polar surface area (TPSA) is 32.3 Å². The molecule has 19 heavy (non-hydrogen) atoms. The molecule has 1 N–H and O–H groups in total. The van der Waals surface area contributed by atoms with Crippen LogP contribution in [0.1, 0.15) is 28.8 Å². The van der Waals surface area contributed by atoms with Gasteiger partial charge in [0.1, 0.15) is 0 Å². The number of hydrogen-bond donors (Lipinski definition) is 1. The molecule has 1 amide bonds. The second kappa shape index (κ2) is 5.14. The number of aryl methyl sites for hydroxylation is 1. The maximum absolute atomic E-state index is 12.5. The van der Waals surface area contributed by atoms with Gasteiger partial charge in [-0.05, 0) is 56.0 Å². The van der Waals surface area contributed by atoms with Crippen molar-refractivity contribution in [1.82, 2.24) is 10.2 Å². The van der Waals surface area contributed by atoms with Crippen LogP contribution >= 0.6 is 11.6 Å². The molecule has 4 heteroatoms. The van der Waals surface area contributed by atoms with Crippen molar-refractivity contribution in [3.63, 3.8) is 0 Å². The van der Waals surface area contributed by atoms with Crippen LogP contribution in [0.4, 0.5) is 0 Å². The molecule has 0 spiro atoms. The van der Waals surface area contributed by atoms with Crippen LogP contribution in [0.15, 0.2) is 18.2 Å². The highest BCUT2D eigenvalue weighted by Crippen LogP contribution is 2.26. The van der Waals surface area contributed by atoms with Gasteiger partial charge in [0.25, 0.3) is 5.91 Å². The lowest BCUT2D eigenvalue weighted by molar-refractivity contribution is 0.0785. The van der Waals surface area contributed by atoms with Gasteiger partial charge < -0.3 is 10.2 Å². The summed E-state index contributed by atoms with van der Waals surface area (Å²) >= 11 is 6.01. The summed E-state index contributed by atoms with van der Waals surface area (Å²) in [6.07, 6.45) is 2.46. The quantitative estimate of drug-likeness (QED) is 0.856. The summed E-state index contributed by atoms with van der Waals surface area (Å²) in [6.45, 7) is 4.75. The van der Waals surface area contributed by atoms with Crippen LogP contribution in [0.25, 0.3) is 0 Å². The van der Waals surface area contributed by atoms with E-state index in [1.54, 1.807) is 0 Å². The number of nitrogens with one attached hydrogen (secondary N) is 1. The average Bonchev–Trinajstić information content (AvgIpc) is 2.85. The predicted molar refractivity (Wildman–Crippen MR) is 76.6 cm³/mol. The van der Waals surface area contributed by atoms with E-state index in [9.17, 15) is 4.79 Å². The van der Waals surface area contributed by atoms with Crippen molar-refractivity contribution >= 4 is 17.5 Å². The Kier molecular flexibility index (Phi) is 3.50. The molecule has 0 bridgehead atoms. The fourth-order valence-electron chi connectivity index (χ4n) is 3.17. The van der Waals surface area contributed by atoms with E-state index in [0.29, 0.717) is 17.0 Å². The van der Waals surface area contributed by atoms with E-state index in [4.69, 9.17) is 11.6 Å². The lowest BCUT2D eigenvalue weighted by Gasteiger charge is -2.24. The highest BCUT2D eigenvalue weighted by Gasteiger charge is 2.36. The van der Waals surface area contributed by atoms with Gasteiger partial charge >= 0.3 is 0 Å². The van der Waals surface area contributed by atoms with Crippen LogP contribution in [-0.4, -0.2) is 36.5 Å². The summed E-state index contributed by atoms with van der Waals surface area (Å²) in [4.78, 5) is 14.5. The zero-order valence-corrected chi connectivity index (χ0v) is 11.9. The molecule has 2 atom stereocenters. The van der Waals surface area contributed by atoms with E-state index < -0.39 is 0 Å². The van der Waals surface area contributed by atoms with Crippen LogP contribution in [-0.2, 0) is 0 Å². The number of carbonyl (C=O) groups is 1. The summed E-state index contributed by atoms with van der Waals surface area (Å²) in [6, 6.07) is 6.02. The first-order valence-electron chi connectivity index (χ1n) is 6.94. The van der Waals surface area contributed by atoms with Gasteiger partial charge in [-0.3, -0.25) is 4.79 Å². The number of rotatable bonds is 1. The van der Waals surface area contributed by atoms with Crippen molar-refractivity contribution in [3.05, 3.63) is 34.3 Å². The number of nitrogens with zero attached hydrogens (tertiary/aromatic N) is 1. The number of amides is 1. The number of carbonyl (C=O) groups excluding carboxylic acids is 1. The Bertz CT molecular complexity index is 489. The van der Waals surface area contributed by atoms with Gasteiger partial charge in [-0.2, -0.15) is 0 Å². The Hall–Kier alpha value is -1.06. The Morgan fingerprint density at radius 3 is 3.00 bits per heavy atom.